The normalized spacial score (nSPS) is 11.2. The zero-order valence-electron chi connectivity index (χ0n) is 14.7. The Morgan fingerprint density at radius 2 is 2.04 bits per heavy atom. The number of benzene rings is 1. The van der Waals surface area contributed by atoms with Crippen LogP contribution in [0.4, 0.5) is 0 Å². The van der Waals surface area contributed by atoms with Crippen LogP contribution in [0.15, 0.2) is 57.3 Å². The molecule has 0 saturated carbocycles. The van der Waals surface area contributed by atoms with Crippen LogP contribution in [0.5, 0.6) is 0 Å². The highest BCUT2D eigenvalue weighted by molar-refractivity contribution is 7.17. The molecule has 0 aliphatic rings. The van der Waals surface area contributed by atoms with Gasteiger partial charge in [0.2, 0.25) is 5.91 Å². The molecule has 0 spiro atoms. The highest BCUT2D eigenvalue weighted by atomic mass is 35.5. The molecular weight excluding hydrogens is 398 g/mol. The molecule has 142 valence electrons. The molecule has 8 heteroatoms. The predicted molar refractivity (Wildman–Crippen MR) is 110 cm³/mol. The van der Waals surface area contributed by atoms with Gasteiger partial charge in [-0.25, -0.2) is 4.98 Å². The molecule has 0 bridgehead atoms. The van der Waals surface area contributed by atoms with Gasteiger partial charge in [-0.05, 0) is 42.8 Å². The number of fused-ring (bicyclic) bond motifs is 1. The quantitative estimate of drug-likeness (QED) is 0.510. The van der Waals surface area contributed by atoms with Gasteiger partial charge in [-0.2, -0.15) is 0 Å². The molecule has 4 aromatic rings. The Labute approximate surface area is 169 Å². The van der Waals surface area contributed by atoms with Crippen LogP contribution in [0.1, 0.15) is 12.8 Å². The summed E-state index contributed by atoms with van der Waals surface area (Å²) in [6.45, 7) is 0.329. The molecule has 1 aromatic carbocycles. The first-order valence-corrected chi connectivity index (χ1v) is 9.90. The van der Waals surface area contributed by atoms with Crippen molar-refractivity contribution in [3.8, 4) is 22.7 Å². The summed E-state index contributed by atoms with van der Waals surface area (Å²) >= 11 is 7.39. The Morgan fingerprint density at radius 3 is 2.71 bits per heavy atom. The van der Waals surface area contributed by atoms with Gasteiger partial charge in [-0.15, -0.1) is 11.3 Å². The number of nitrogens with two attached hydrogens (primary N) is 1. The Hall–Kier alpha value is -2.90. The highest BCUT2D eigenvalue weighted by Crippen LogP contribution is 2.32. The van der Waals surface area contributed by atoms with E-state index in [-0.39, 0.29) is 12.0 Å². The minimum Gasteiger partial charge on any atom is -0.464 e. The zero-order chi connectivity index (χ0) is 19.7. The van der Waals surface area contributed by atoms with E-state index in [0.29, 0.717) is 45.4 Å². The summed E-state index contributed by atoms with van der Waals surface area (Å²) in [5, 5.41) is 2.98. The van der Waals surface area contributed by atoms with Crippen molar-refractivity contribution in [2.24, 2.45) is 5.73 Å². The van der Waals surface area contributed by atoms with Crippen molar-refractivity contribution in [3.05, 3.63) is 63.4 Å². The van der Waals surface area contributed by atoms with Crippen LogP contribution >= 0.6 is 22.9 Å². The predicted octanol–water partition coefficient (Wildman–Crippen LogP) is 4.30. The first-order valence-electron chi connectivity index (χ1n) is 8.65. The molecule has 0 aliphatic carbocycles. The Balaban J connectivity index is 1.91. The lowest BCUT2D eigenvalue weighted by atomic mass is 10.1. The molecule has 0 unspecified atom stereocenters. The van der Waals surface area contributed by atoms with Gasteiger partial charge < -0.3 is 10.2 Å². The topological polar surface area (TPSA) is 91.1 Å². The van der Waals surface area contributed by atoms with Crippen LogP contribution in [-0.4, -0.2) is 15.5 Å². The summed E-state index contributed by atoms with van der Waals surface area (Å²) in [6, 6.07) is 10.7. The summed E-state index contributed by atoms with van der Waals surface area (Å²) < 4.78 is 7.07. The number of hydrogen-bond acceptors (Lipinski definition) is 5. The van der Waals surface area contributed by atoms with Gasteiger partial charge in [0.25, 0.3) is 5.56 Å². The monoisotopic (exact) mass is 413 g/mol. The van der Waals surface area contributed by atoms with Crippen molar-refractivity contribution in [1.82, 2.24) is 9.55 Å². The maximum atomic E-state index is 13.4. The van der Waals surface area contributed by atoms with Crippen LogP contribution in [0.3, 0.4) is 0 Å². The summed E-state index contributed by atoms with van der Waals surface area (Å²) in [5.74, 6) is 0.751. The minimum atomic E-state index is -0.401. The van der Waals surface area contributed by atoms with E-state index in [0.717, 1.165) is 5.56 Å². The van der Waals surface area contributed by atoms with Crippen LogP contribution in [-0.2, 0) is 11.3 Å². The van der Waals surface area contributed by atoms with Crippen molar-refractivity contribution in [1.29, 1.82) is 0 Å². The van der Waals surface area contributed by atoms with Crippen LogP contribution < -0.4 is 11.3 Å². The van der Waals surface area contributed by atoms with Gasteiger partial charge in [-0.1, -0.05) is 11.6 Å². The molecule has 1 amide bonds. The van der Waals surface area contributed by atoms with E-state index in [9.17, 15) is 9.59 Å². The maximum Gasteiger partial charge on any atom is 0.263 e. The fourth-order valence-corrected chi connectivity index (χ4v) is 4.12. The van der Waals surface area contributed by atoms with Crippen molar-refractivity contribution in [3.63, 3.8) is 0 Å². The number of hydrogen-bond donors (Lipinski definition) is 1. The molecule has 6 nitrogen and oxygen atoms in total. The summed E-state index contributed by atoms with van der Waals surface area (Å²) in [7, 11) is 0. The van der Waals surface area contributed by atoms with Gasteiger partial charge in [-0.3, -0.25) is 14.2 Å². The van der Waals surface area contributed by atoms with Crippen molar-refractivity contribution < 1.29 is 9.21 Å². The first-order chi connectivity index (χ1) is 13.5. The second-order valence-corrected chi connectivity index (χ2v) is 7.57. The van der Waals surface area contributed by atoms with E-state index in [4.69, 9.17) is 26.7 Å². The third-order valence-electron chi connectivity index (χ3n) is 4.39. The van der Waals surface area contributed by atoms with E-state index < -0.39 is 5.91 Å². The molecule has 0 fully saturated rings. The van der Waals surface area contributed by atoms with Crippen molar-refractivity contribution in [2.75, 3.05) is 0 Å². The standard InChI is InChI=1S/C20H16ClN3O3S/c21-13-7-5-12(6-8-13)18-23-19-17(14(11-28-19)15-3-2-10-27-15)20(26)24(18)9-1-4-16(22)25/h2-3,5-8,10-11H,1,4,9H2,(H2,22,25). The Kier molecular flexibility index (Phi) is 5.02. The number of nitrogens with zero attached hydrogens (tertiary/aromatic N) is 2. The lowest BCUT2D eigenvalue weighted by molar-refractivity contribution is -0.118. The molecule has 28 heavy (non-hydrogen) atoms. The van der Waals surface area contributed by atoms with Crippen molar-refractivity contribution >= 4 is 39.1 Å². The number of carbonyl (C=O) groups is 1. The lowest BCUT2D eigenvalue weighted by Crippen LogP contribution is -2.24. The number of aromatic nitrogens is 2. The van der Waals surface area contributed by atoms with E-state index >= 15 is 0 Å². The fourth-order valence-electron chi connectivity index (χ4n) is 3.08. The van der Waals surface area contributed by atoms with E-state index in [2.05, 4.69) is 0 Å². The van der Waals surface area contributed by atoms with Crippen LogP contribution in [0.25, 0.3) is 32.9 Å². The Bertz CT molecular complexity index is 1190. The zero-order valence-corrected chi connectivity index (χ0v) is 16.3. The molecule has 3 heterocycles. The summed E-state index contributed by atoms with van der Waals surface area (Å²) in [4.78, 5) is 29.9. The average Bonchev–Trinajstić information content (AvgIpc) is 3.33. The lowest BCUT2D eigenvalue weighted by Gasteiger charge is -2.13. The smallest absolute Gasteiger partial charge is 0.263 e. The van der Waals surface area contributed by atoms with Gasteiger partial charge in [0.05, 0.1) is 11.6 Å². The second-order valence-electron chi connectivity index (χ2n) is 6.28. The number of carbonyl (C=O) groups excluding carboxylic acids is 1. The number of thiophene rings is 1. The molecule has 0 saturated heterocycles. The maximum absolute atomic E-state index is 13.4. The van der Waals surface area contributed by atoms with E-state index in [1.54, 1.807) is 29.0 Å². The molecular formula is C20H16ClN3O3S. The third kappa shape index (κ3) is 3.46. The van der Waals surface area contributed by atoms with Gasteiger partial charge in [0, 0.05) is 34.5 Å². The minimum absolute atomic E-state index is 0.174. The SMILES string of the molecule is NC(=O)CCCn1c(-c2ccc(Cl)cc2)nc2scc(-c3ccco3)c2c1=O. The number of amides is 1. The number of halogens is 1. The summed E-state index contributed by atoms with van der Waals surface area (Å²) in [5.41, 5.74) is 6.57. The van der Waals surface area contributed by atoms with Crippen LogP contribution in [0, 0.1) is 0 Å². The van der Waals surface area contributed by atoms with E-state index in [1.165, 1.54) is 11.3 Å². The number of rotatable bonds is 6. The van der Waals surface area contributed by atoms with Gasteiger partial charge in [0.15, 0.2) is 0 Å². The molecule has 0 atom stereocenters. The molecule has 4 rings (SSSR count). The van der Waals surface area contributed by atoms with Gasteiger partial charge >= 0.3 is 0 Å². The molecule has 0 radical (unpaired) electrons. The number of furan rings is 1. The summed E-state index contributed by atoms with van der Waals surface area (Å²) in [6.07, 6.45) is 2.21. The van der Waals surface area contributed by atoms with Gasteiger partial charge in [0.1, 0.15) is 16.4 Å². The average molecular weight is 414 g/mol. The number of primary amides is 1. The molecule has 0 aliphatic heterocycles. The van der Waals surface area contributed by atoms with Crippen LogP contribution in [0.2, 0.25) is 5.02 Å². The second kappa shape index (κ2) is 7.61. The third-order valence-corrected chi connectivity index (χ3v) is 5.51. The molecule has 2 N–H and O–H groups in total. The molecule has 3 aromatic heterocycles. The van der Waals surface area contributed by atoms with Crippen molar-refractivity contribution in [2.45, 2.75) is 19.4 Å². The highest BCUT2D eigenvalue weighted by Gasteiger charge is 2.19. The Morgan fingerprint density at radius 1 is 1.25 bits per heavy atom. The fraction of sp³-hybridized carbons (Fsp3) is 0.150. The van der Waals surface area contributed by atoms with E-state index in [1.807, 2.05) is 23.6 Å². The largest absolute Gasteiger partial charge is 0.464 e. The first kappa shape index (κ1) is 18.5.